The number of H-pyrrole nitrogens is 1. The van der Waals surface area contributed by atoms with E-state index in [2.05, 4.69) is 11.1 Å². The molecule has 1 N–H and O–H groups in total. The number of carbonyl (C=O) groups is 1. The van der Waals surface area contributed by atoms with Gasteiger partial charge in [-0.1, -0.05) is 48.5 Å². The van der Waals surface area contributed by atoms with Crippen molar-refractivity contribution in [1.29, 1.82) is 5.26 Å². The summed E-state index contributed by atoms with van der Waals surface area (Å²) in [7, 11) is 3.11. The summed E-state index contributed by atoms with van der Waals surface area (Å²) in [5.74, 6) is 0.731. The third-order valence-corrected chi connectivity index (χ3v) is 7.62. The molecule has 194 valence electrons. The Hall–Kier alpha value is -4.87. The number of nitriles is 1. The van der Waals surface area contributed by atoms with Gasteiger partial charge in [-0.3, -0.25) is 14.2 Å². The molecule has 5 aromatic rings. The maximum atomic E-state index is 13.9. The van der Waals surface area contributed by atoms with Crippen LogP contribution in [0.15, 0.2) is 77.6 Å². The lowest BCUT2D eigenvalue weighted by atomic mass is 10.0. The van der Waals surface area contributed by atoms with Gasteiger partial charge in [0.15, 0.2) is 0 Å². The number of benzene rings is 3. The molecule has 0 bridgehead atoms. The number of rotatable bonds is 7. The van der Waals surface area contributed by atoms with Crippen LogP contribution in [0.25, 0.3) is 22.6 Å². The van der Waals surface area contributed by atoms with Crippen LogP contribution in [0.1, 0.15) is 27.2 Å². The molecule has 0 fully saturated rings. The molecule has 0 saturated carbocycles. The number of thiazole rings is 1. The maximum Gasteiger partial charge on any atom is 0.269 e. The van der Waals surface area contributed by atoms with E-state index in [-0.39, 0.29) is 17.7 Å². The molecule has 39 heavy (non-hydrogen) atoms. The highest BCUT2D eigenvalue weighted by Crippen LogP contribution is 2.26. The topological polar surface area (TPSA) is 97.1 Å². The van der Waals surface area contributed by atoms with E-state index in [9.17, 15) is 14.9 Å². The van der Waals surface area contributed by atoms with Gasteiger partial charge in [0, 0.05) is 28.2 Å². The fraction of sp³-hybridized carbons (Fsp3) is 0.129. The van der Waals surface area contributed by atoms with Crippen LogP contribution in [0, 0.1) is 18.3 Å². The minimum Gasteiger partial charge on any atom is -0.497 e. The second kappa shape index (κ2) is 10.9. The van der Waals surface area contributed by atoms with Crippen molar-refractivity contribution in [2.45, 2.75) is 13.5 Å². The number of hydrogen-bond acceptors (Lipinski definition) is 6. The Kier molecular flexibility index (Phi) is 7.17. The number of aromatic amines is 1. The normalized spacial score (nSPS) is 12.3. The molecule has 7 nitrogen and oxygen atoms in total. The first-order valence-corrected chi connectivity index (χ1v) is 13.0. The zero-order chi connectivity index (χ0) is 27.5. The number of nitrogens with zero attached hydrogens (tertiary/aromatic N) is 2. The van der Waals surface area contributed by atoms with Crippen LogP contribution in [-0.2, 0) is 6.54 Å². The molecular weight excluding hydrogens is 510 g/mol. The van der Waals surface area contributed by atoms with E-state index < -0.39 is 5.78 Å². The quantitative estimate of drug-likeness (QED) is 0.316. The molecule has 0 aliphatic rings. The summed E-state index contributed by atoms with van der Waals surface area (Å²) in [5, 5.41) is 11.0. The van der Waals surface area contributed by atoms with Crippen LogP contribution < -0.4 is 24.2 Å². The van der Waals surface area contributed by atoms with Crippen molar-refractivity contribution in [3.05, 3.63) is 115 Å². The molecule has 0 aliphatic carbocycles. The largest absolute Gasteiger partial charge is 0.497 e. The number of para-hydroxylation sites is 1. The summed E-state index contributed by atoms with van der Waals surface area (Å²) in [6, 6.07) is 24.4. The molecule has 2 heterocycles. The van der Waals surface area contributed by atoms with Gasteiger partial charge in [-0.2, -0.15) is 5.26 Å². The van der Waals surface area contributed by atoms with E-state index >= 15 is 0 Å². The van der Waals surface area contributed by atoms with Gasteiger partial charge < -0.3 is 14.5 Å². The van der Waals surface area contributed by atoms with Crippen molar-refractivity contribution < 1.29 is 14.3 Å². The Labute approximate surface area is 228 Å². The average Bonchev–Trinajstić information content (AvgIpc) is 3.45. The van der Waals surface area contributed by atoms with E-state index in [4.69, 9.17) is 9.47 Å². The molecule has 5 rings (SSSR count). The smallest absolute Gasteiger partial charge is 0.269 e. The number of methoxy groups -OCH3 is 2. The summed E-state index contributed by atoms with van der Waals surface area (Å²) >= 11 is 1.12. The highest BCUT2D eigenvalue weighted by atomic mass is 32.1. The van der Waals surface area contributed by atoms with E-state index in [0.717, 1.165) is 27.8 Å². The summed E-state index contributed by atoms with van der Waals surface area (Å²) in [4.78, 5) is 30.9. The number of ether oxygens (including phenoxy) is 2. The standard InChI is InChI=1S/C31H25N3O4S/c1-19-28(23-11-7-8-12-25(23)33-19)29(35)24(17-32)31-34(18-20-9-5-4-6-10-20)30(36)27(39-31)15-21-13-14-22(37-2)16-26(21)38-3/h4-16,33H,18H2,1-3H3/b27-15-,31-24-. The van der Waals surface area contributed by atoms with E-state index in [1.54, 1.807) is 38.5 Å². The van der Waals surface area contributed by atoms with Crippen molar-refractivity contribution in [2.24, 2.45) is 0 Å². The predicted molar refractivity (Wildman–Crippen MR) is 153 cm³/mol. The number of aryl methyl sites for hydroxylation is 1. The Balaban J connectivity index is 1.78. The van der Waals surface area contributed by atoms with Gasteiger partial charge in [-0.05, 0) is 36.8 Å². The lowest BCUT2D eigenvalue weighted by molar-refractivity contribution is 0.105. The van der Waals surface area contributed by atoms with Gasteiger partial charge in [0.25, 0.3) is 5.56 Å². The molecule has 0 saturated heterocycles. The molecule has 2 aromatic heterocycles. The van der Waals surface area contributed by atoms with Crippen molar-refractivity contribution in [1.82, 2.24) is 9.55 Å². The molecule has 0 amide bonds. The Morgan fingerprint density at radius 2 is 1.79 bits per heavy atom. The highest BCUT2D eigenvalue weighted by Gasteiger charge is 2.23. The molecule has 0 aliphatic heterocycles. The zero-order valence-corrected chi connectivity index (χ0v) is 22.5. The monoisotopic (exact) mass is 535 g/mol. The van der Waals surface area contributed by atoms with E-state index in [1.165, 1.54) is 4.57 Å². The molecular formula is C31H25N3O4S. The van der Waals surface area contributed by atoms with Crippen LogP contribution in [0.5, 0.6) is 11.5 Å². The van der Waals surface area contributed by atoms with Crippen LogP contribution in [-0.4, -0.2) is 29.6 Å². The summed E-state index contributed by atoms with van der Waals surface area (Å²) in [6.07, 6.45) is 1.71. The second-order valence-corrected chi connectivity index (χ2v) is 9.92. The first kappa shape index (κ1) is 25.8. The third-order valence-electron chi connectivity index (χ3n) is 6.49. The van der Waals surface area contributed by atoms with Gasteiger partial charge >= 0.3 is 0 Å². The Bertz CT molecular complexity index is 1920. The fourth-order valence-electron chi connectivity index (χ4n) is 4.58. The summed E-state index contributed by atoms with van der Waals surface area (Å²) < 4.78 is 13.0. The number of nitrogens with one attached hydrogen (secondary N) is 1. The SMILES string of the molecule is COc1ccc(/C=c2\s/c(=C(/C#N)C(=O)c3c(C)[nH]c4ccccc34)n(Cc3ccccc3)c2=O)c(OC)c1. The number of fused-ring (bicyclic) bond motifs is 1. The van der Waals surface area contributed by atoms with Gasteiger partial charge in [0.05, 0.1) is 30.9 Å². The number of carbonyl (C=O) groups excluding carboxylic acids is 1. The zero-order valence-electron chi connectivity index (χ0n) is 21.6. The van der Waals surface area contributed by atoms with Crippen LogP contribution in [0.3, 0.4) is 0 Å². The number of Topliss-reactive ketones (excluding diaryl/α,β-unsaturated/α-hetero) is 1. The third kappa shape index (κ3) is 4.88. The van der Waals surface area contributed by atoms with Crippen LogP contribution >= 0.6 is 11.3 Å². The van der Waals surface area contributed by atoms with Crippen molar-refractivity contribution in [2.75, 3.05) is 14.2 Å². The highest BCUT2D eigenvalue weighted by molar-refractivity contribution is 7.07. The molecule has 0 radical (unpaired) electrons. The van der Waals surface area contributed by atoms with Gasteiger partial charge in [-0.15, -0.1) is 11.3 Å². The van der Waals surface area contributed by atoms with Gasteiger partial charge in [0.2, 0.25) is 5.78 Å². The first-order chi connectivity index (χ1) is 18.9. The summed E-state index contributed by atoms with van der Waals surface area (Å²) in [5.41, 5.74) is 3.07. The minimum atomic E-state index is -0.427. The lowest BCUT2D eigenvalue weighted by Crippen LogP contribution is -2.33. The van der Waals surface area contributed by atoms with Crippen molar-refractivity contribution >= 4 is 39.7 Å². The van der Waals surface area contributed by atoms with Crippen LogP contribution in [0.2, 0.25) is 0 Å². The summed E-state index contributed by atoms with van der Waals surface area (Å²) in [6.45, 7) is 2.02. The first-order valence-electron chi connectivity index (χ1n) is 12.2. The number of hydrogen-bond donors (Lipinski definition) is 1. The van der Waals surface area contributed by atoms with Crippen molar-refractivity contribution in [3.8, 4) is 17.6 Å². The van der Waals surface area contributed by atoms with Crippen LogP contribution in [0.4, 0.5) is 0 Å². The van der Waals surface area contributed by atoms with E-state index in [1.807, 2.05) is 61.5 Å². The van der Waals surface area contributed by atoms with Gasteiger partial charge in [-0.25, -0.2) is 0 Å². The number of ketones is 1. The fourth-order valence-corrected chi connectivity index (χ4v) is 5.67. The molecule has 0 atom stereocenters. The molecule has 8 heteroatoms. The minimum absolute atomic E-state index is 0.0813. The predicted octanol–water partition coefficient (Wildman–Crippen LogP) is 4.15. The van der Waals surface area contributed by atoms with E-state index in [0.29, 0.717) is 37.5 Å². The lowest BCUT2D eigenvalue weighted by Gasteiger charge is -2.06. The Morgan fingerprint density at radius 3 is 2.51 bits per heavy atom. The second-order valence-electron chi connectivity index (χ2n) is 8.89. The molecule has 3 aromatic carbocycles. The molecule has 0 unspecified atom stereocenters. The average molecular weight is 536 g/mol. The van der Waals surface area contributed by atoms with Crippen molar-refractivity contribution in [3.63, 3.8) is 0 Å². The van der Waals surface area contributed by atoms with Gasteiger partial charge in [0.1, 0.15) is 27.8 Å². The molecule has 0 spiro atoms. The maximum absolute atomic E-state index is 13.9. The Morgan fingerprint density at radius 1 is 1.05 bits per heavy atom. The number of aromatic nitrogens is 2.